The number of hydrogen-bond acceptors (Lipinski definition) is 2. The molecule has 0 amide bonds. The Kier molecular flexibility index (Phi) is 4.94. The summed E-state index contributed by atoms with van der Waals surface area (Å²) in [6.45, 7) is 5.50. The van der Waals surface area contributed by atoms with Crippen molar-refractivity contribution >= 4 is 0 Å². The number of ether oxygens (including phenoxy) is 1. The van der Waals surface area contributed by atoms with E-state index in [0.717, 1.165) is 35.8 Å². The Bertz CT molecular complexity index is 421. The standard InChI is InChI=1S/C16H24FNO/c1-11-3-6-16(7-12(11)2)19-10-13-4-5-15(17)8-14(13)9-18/h4-5,8,11-12,16H,3,6-7,9-10,18H2,1-2H3. The zero-order valence-corrected chi connectivity index (χ0v) is 11.9. The molecule has 1 saturated carbocycles. The van der Waals surface area contributed by atoms with E-state index < -0.39 is 0 Å². The number of rotatable bonds is 4. The highest BCUT2D eigenvalue weighted by molar-refractivity contribution is 5.27. The molecule has 106 valence electrons. The summed E-state index contributed by atoms with van der Waals surface area (Å²) in [7, 11) is 0. The molecule has 1 aromatic carbocycles. The highest BCUT2D eigenvalue weighted by Gasteiger charge is 2.25. The number of hydrogen-bond donors (Lipinski definition) is 1. The van der Waals surface area contributed by atoms with Gasteiger partial charge in [-0.1, -0.05) is 19.9 Å². The molecule has 0 heterocycles. The van der Waals surface area contributed by atoms with Crippen molar-refractivity contribution in [3.63, 3.8) is 0 Å². The predicted octanol–water partition coefficient (Wildman–Crippen LogP) is 3.63. The van der Waals surface area contributed by atoms with Crippen LogP contribution in [0.15, 0.2) is 18.2 Å². The van der Waals surface area contributed by atoms with E-state index in [0.29, 0.717) is 19.3 Å². The summed E-state index contributed by atoms with van der Waals surface area (Å²) in [4.78, 5) is 0. The van der Waals surface area contributed by atoms with Crippen LogP contribution in [0.25, 0.3) is 0 Å². The zero-order valence-electron chi connectivity index (χ0n) is 11.9. The highest BCUT2D eigenvalue weighted by Crippen LogP contribution is 2.31. The third-order valence-electron chi connectivity index (χ3n) is 4.41. The molecule has 3 atom stereocenters. The molecule has 3 heteroatoms. The molecule has 0 spiro atoms. The van der Waals surface area contributed by atoms with E-state index >= 15 is 0 Å². The largest absolute Gasteiger partial charge is 0.374 e. The molecular weight excluding hydrogens is 241 g/mol. The van der Waals surface area contributed by atoms with Gasteiger partial charge < -0.3 is 10.5 Å². The van der Waals surface area contributed by atoms with Crippen LogP contribution in [-0.2, 0) is 17.9 Å². The lowest BCUT2D eigenvalue weighted by molar-refractivity contribution is -0.00771. The maximum Gasteiger partial charge on any atom is 0.123 e. The molecule has 2 N–H and O–H groups in total. The smallest absolute Gasteiger partial charge is 0.123 e. The Balaban J connectivity index is 1.92. The molecule has 2 rings (SSSR count). The first-order chi connectivity index (χ1) is 9.10. The van der Waals surface area contributed by atoms with E-state index in [1.807, 2.05) is 0 Å². The maximum atomic E-state index is 13.1. The Morgan fingerprint density at radius 3 is 2.68 bits per heavy atom. The summed E-state index contributed by atoms with van der Waals surface area (Å²) < 4.78 is 19.1. The van der Waals surface area contributed by atoms with Gasteiger partial charge in [0.1, 0.15) is 5.82 Å². The van der Waals surface area contributed by atoms with Crippen LogP contribution in [0.4, 0.5) is 4.39 Å². The molecule has 0 radical (unpaired) electrons. The van der Waals surface area contributed by atoms with Crippen molar-refractivity contribution < 1.29 is 9.13 Å². The molecule has 1 fully saturated rings. The molecule has 1 aliphatic rings. The molecule has 0 bridgehead atoms. The van der Waals surface area contributed by atoms with E-state index in [4.69, 9.17) is 10.5 Å². The van der Waals surface area contributed by atoms with E-state index in [1.165, 1.54) is 18.6 Å². The van der Waals surface area contributed by atoms with Crippen LogP contribution >= 0.6 is 0 Å². The summed E-state index contributed by atoms with van der Waals surface area (Å²) in [5.74, 6) is 1.29. The fourth-order valence-corrected chi connectivity index (χ4v) is 2.78. The lowest BCUT2D eigenvalue weighted by Crippen LogP contribution is -2.26. The van der Waals surface area contributed by atoms with Crippen LogP contribution in [0.5, 0.6) is 0 Å². The first-order valence-electron chi connectivity index (χ1n) is 7.19. The fraction of sp³-hybridized carbons (Fsp3) is 0.625. The average Bonchev–Trinajstić information content (AvgIpc) is 2.41. The normalized spacial score (nSPS) is 27.5. The molecule has 2 nitrogen and oxygen atoms in total. The van der Waals surface area contributed by atoms with Crippen molar-refractivity contribution in [3.8, 4) is 0 Å². The van der Waals surface area contributed by atoms with Crippen LogP contribution in [0, 0.1) is 17.7 Å². The second-order valence-electron chi connectivity index (χ2n) is 5.82. The second-order valence-corrected chi connectivity index (χ2v) is 5.82. The van der Waals surface area contributed by atoms with Crippen molar-refractivity contribution in [2.75, 3.05) is 0 Å². The van der Waals surface area contributed by atoms with Gasteiger partial charge in [-0.15, -0.1) is 0 Å². The van der Waals surface area contributed by atoms with Crippen LogP contribution in [0.2, 0.25) is 0 Å². The fourth-order valence-electron chi connectivity index (χ4n) is 2.78. The molecule has 19 heavy (non-hydrogen) atoms. The number of nitrogens with two attached hydrogens (primary N) is 1. The van der Waals surface area contributed by atoms with Gasteiger partial charge in [0.25, 0.3) is 0 Å². The zero-order chi connectivity index (χ0) is 13.8. The third-order valence-corrected chi connectivity index (χ3v) is 4.41. The molecule has 1 aliphatic carbocycles. The van der Waals surface area contributed by atoms with Gasteiger partial charge in [0.15, 0.2) is 0 Å². The summed E-state index contributed by atoms with van der Waals surface area (Å²) >= 11 is 0. The second kappa shape index (κ2) is 6.49. The van der Waals surface area contributed by atoms with Gasteiger partial charge in [0.05, 0.1) is 12.7 Å². The molecular formula is C16H24FNO. The summed E-state index contributed by atoms with van der Waals surface area (Å²) in [5, 5.41) is 0. The van der Waals surface area contributed by atoms with Gasteiger partial charge in [-0.25, -0.2) is 4.39 Å². The number of halogens is 1. The van der Waals surface area contributed by atoms with Crippen molar-refractivity contribution in [1.29, 1.82) is 0 Å². The van der Waals surface area contributed by atoms with Crippen LogP contribution in [-0.4, -0.2) is 6.10 Å². The van der Waals surface area contributed by atoms with E-state index in [2.05, 4.69) is 13.8 Å². The predicted molar refractivity (Wildman–Crippen MR) is 75.0 cm³/mol. The topological polar surface area (TPSA) is 35.2 Å². The Labute approximate surface area is 115 Å². The molecule has 1 aromatic rings. The first-order valence-corrected chi connectivity index (χ1v) is 7.19. The SMILES string of the molecule is CC1CCC(OCc2ccc(F)cc2CN)CC1C. The molecule has 0 aromatic heterocycles. The lowest BCUT2D eigenvalue weighted by Gasteiger charge is -2.32. The minimum absolute atomic E-state index is 0.232. The highest BCUT2D eigenvalue weighted by atomic mass is 19.1. The Morgan fingerprint density at radius 2 is 2.00 bits per heavy atom. The van der Waals surface area contributed by atoms with Crippen molar-refractivity contribution in [2.45, 2.75) is 52.4 Å². The maximum absolute atomic E-state index is 13.1. The summed E-state index contributed by atoms with van der Waals surface area (Å²) in [6.07, 6.45) is 3.83. The quantitative estimate of drug-likeness (QED) is 0.902. The Morgan fingerprint density at radius 1 is 1.21 bits per heavy atom. The summed E-state index contributed by atoms with van der Waals surface area (Å²) in [6, 6.07) is 4.76. The third kappa shape index (κ3) is 3.77. The molecule has 0 aliphatic heterocycles. The lowest BCUT2D eigenvalue weighted by atomic mass is 9.80. The van der Waals surface area contributed by atoms with Crippen molar-refractivity contribution in [1.82, 2.24) is 0 Å². The van der Waals surface area contributed by atoms with Crippen LogP contribution in [0.3, 0.4) is 0 Å². The van der Waals surface area contributed by atoms with Gasteiger partial charge >= 0.3 is 0 Å². The minimum atomic E-state index is -0.232. The minimum Gasteiger partial charge on any atom is -0.374 e. The Hall–Kier alpha value is -0.930. The molecule has 0 saturated heterocycles. The van der Waals surface area contributed by atoms with Gasteiger partial charge in [0.2, 0.25) is 0 Å². The van der Waals surface area contributed by atoms with Crippen molar-refractivity contribution in [2.24, 2.45) is 17.6 Å². The van der Waals surface area contributed by atoms with E-state index in [-0.39, 0.29) is 5.82 Å². The van der Waals surface area contributed by atoms with Crippen LogP contribution in [0.1, 0.15) is 44.2 Å². The number of benzene rings is 1. The monoisotopic (exact) mass is 265 g/mol. The van der Waals surface area contributed by atoms with Crippen molar-refractivity contribution in [3.05, 3.63) is 35.1 Å². The van der Waals surface area contributed by atoms with Gasteiger partial charge in [0, 0.05) is 6.54 Å². The first kappa shape index (κ1) is 14.5. The van der Waals surface area contributed by atoms with Crippen LogP contribution < -0.4 is 5.73 Å². The van der Waals surface area contributed by atoms with E-state index in [9.17, 15) is 4.39 Å². The van der Waals surface area contributed by atoms with Gasteiger partial charge in [-0.2, -0.15) is 0 Å². The van der Waals surface area contributed by atoms with E-state index in [1.54, 1.807) is 6.07 Å². The summed E-state index contributed by atoms with van der Waals surface area (Å²) in [5.41, 5.74) is 7.50. The van der Waals surface area contributed by atoms with Gasteiger partial charge in [-0.05, 0) is 54.4 Å². The van der Waals surface area contributed by atoms with Gasteiger partial charge in [-0.3, -0.25) is 0 Å². The average molecular weight is 265 g/mol. The molecule has 3 unspecified atom stereocenters.